The number of sulfonamides is 1. The Bertz CT molecular complexity index is 1080. The van der Waals surface area contributed by atoms with Gasteiger partial charge in [0.15, 0.2) is 0 Å². The minimum absolute atomic E-state index is 0.118. The highest BCUT2D eigenvalue weighted by Gasteiger charge is 2.20. The Hall–Kier alpha value is -2.89. The quantitative estimate of drug-likeness (QED) is 0.282. The van der Waals surface area contributed by atoms with E-state index in [1.807, 2.05) is 36.0 Å². The van der Waals surface area contributed by atoms with Gasteiger partial charge in [0.25, 0.3) is 0 Å². The summed E-state index contributed by atoms with van der Waals surface area (Å²) < 4.78 is 25.8. The molecule has 0 unspecified atom stereocenters. The lowest BCUT2D eigenvalue weighted by atomic mass is 10.1. The summed E-state index contributed by atoms with van der Waals surface area (Å²) in [5.41, 5.74) is 3.74. The maximum atomic E-state index is 11.7. The molecular formula is C23H33N5O5S. The van der Waals surface area contributed by atoms with Crippen LogP contribution >= 0.6 is 0 Å². The number of nitrogens with zero attached hydrogens (tertiary/aromatic N) is 4. The van der Waals surface area contributed by atoms with E-state index in [4.69, 9.17) is 0 Å². The van der Waals surface area contributed by atoms with Gasteiger partial charge in [-0.05, 0) is 70.7 Å². The Morgan fingerprint density at radius 2 is 1.32 bits per heavy atom. The molecule has 2 N–H and O–H groups in total. The van der Waals surface area contributed by atoms with Crippen LogP contribution in [0.25, 0.3) is 0 Å². The molecule has 2 aromatic carbocycles. The van der Waals surface area contributed by atoms with Crippen LogP contribution in [0.15, 0.2) is 46.8 Å². The number of anilines is 2. The van der Waals surface area contributed by atoms with Crippen molar-refractivity contribution < 1.29 is 13.5 Å². The van der Waals surface area contributed by atoms with Crippen molar-refractivity contribution in [1.29, 1.82) is 0 Å². The number of aliphatic hydroxyl groups excluding tert-OH is 1. The summed E-state index contributed by atoms with van der Waals surface area (Å²) in [5, 5.41) is 19.8. The van der Waals surface area contributed by atoms with Crippen LogP contribution in [0.2, 0.25) is 0 Å². The van der Waals surface area contributed by atoms with Crippen LogP contribution in [0.4, 0.5) is 22.7 Å². The number of hydrogen-bond acceptors (Lipinski definition) is 9. The molecule has 11 heteroatoms. The lowest BCUT2D eigenvalue weighted by Gasteiger charge is -2.38. The molecule has 10 nitrogen and oxygen atoms in total. The van der Waals surface area contributed by atoms with Gasteiger partial charge in [0.2, 0.25) is 10.0 Å². The number of nitrogens with one attached hydrogen (secondary N) is 1. The standard InChI is InChI=1S/C23H33N5O5S/c1-4-6-18-16-20(8-10-22(18)25-30)27(13-12-24-34(3,32)33)28(14-15-29)21-9-11-23(26-31)19(17-21)7-5-2/h8-11,16-17,24,29H,4-7,12-15H2,1-3H3. The molecule has 0 spiro atoms. The topological polar surface area (TPSA) is 132 Å². The van der Waals surface area contributed by atoms with Crippen LogP contribution in [0, 0.1) is 9.81 Å². The van der Waals surface area contributed by atoms with Crippen molar-refractivity contribution in [2.75, 3.05) is 42.5 Å². The molecule has 0 radical (unpaired) electrons. The SMILES string of the molecule is CCCc1cc(N(CCO)N(CCNS(C)(=O)=O)c2ccc(N=O)c(CCC)c2)ccc1N=O. The number of aliphatic hydroxyl groups is 1. The van der Waals surface area contributed by atoms with Gasteiger partial charge in [-0.2, -0.15) is 0 Å². The van der Waals surface area contributed by atoms with Crippen molar-refractivity contribution in [1.82, 2.24) is 4.72 Å². The van der Waals surface area contributed by atoms with Gasteiger partial charge in [-0.1, -0.05) is 26.7 Å². The maximum Gasteiger partial charge on any atom is 0.208 e. The van der Waals surface area contributed by atoms with E-state index in [-0.39, 0.29) is 26.2 Å². The van der Waals surface area contributed by atoms with Crippen molar-refractivity contribution >= 4 is 32.8 Å². The molecule has 2 aromatic rings. The number of benzene rings is 2. The first-order chi connectivity index (χ1) is 16.3. The fourth-order valence-corrected chi connectivity index (χ4v) is 4.25. The summed E-state index contributed by atoms with van der Waals surface area (Å²) in [7, 11) is -3.40. The largest absolute Gasteiger partial charge is 0.394 e. The first-order valence-electron chi connectivity index (χ1n) is 11.3. The summed E-state index contributed by atoms with van der Waals surface area (Å²) in [6.45, 7) is 4.44. The molecule has 2 rings (SSSR count). The molecular weight excluding hydrogens is 458 g/mol. The number of aryl methyl sites for hydroxylation is 2. The molecule has 0 amide bonds. The van der Waals surface area contributed by atoms with Gasteiger partial charge < -0.3 is 5.11 Å². The van der Waals surface area contributed by atoms with Gasteiger partial charge in [-0.25, -0.2) is 13.1 Å². The first kappa shape index (κ1) is 27.4. The lowest BCUT2D eigenvalue weighted by Crippen LogP contribution is -2.48. The minimum Gasteiger partial charge on any atom is -0.394 e. The molecule has 186 valence electrons. The molecule has 0 saturated carbocycles. The Balaban J connectivity index is 2.57. The predicted octanol–water partition coefficient (Wildman–Crippen LogP) is 4.16. The summed E-state index contributed by atoms with van der Waals surface area (Å²) in [5.74, 6) is 0. The molecule has 0 heterocycles. The fourth-order valence-electron chi connectivity index (χ4n) is 3.79. The van der Waals surface area contributed by atoms with Gasteiger partial charge >= 0.3 is 0 Å². The summed E-state index contributed by atoms with van der Waals surface area (Å²) in [6.07, 6.45) is 4.06. The molecule has 0 saturated heterocycles. The maximum absolute atomic E-state index is 11.7. The van der Waals surface area contributed by atoms with E-state index in [1.54, 1.807) is 24.3 Å². The van der Waals surface area contributed by atoms with Crippen LogP contribution in [0.5, 0.6) is 0 Å². The molecule has 0 atom stereocenters. The average molecular weight is 492 g/mol. The monoisotopic (exact) mass is 491 g/mol. The van der Waals surface area contributed by atoms with E-state index in [2.05, 4.69) is 15.1 Å². The molecule has 0 aliphatic carbocycles. The summed E-state index contributed by atoms with van der Waals surface area (Å²) in [6, 6.07) is 10.5. The summed E-state index contributed by atoms with van der Waals surface area (Å²) >= 11 is 0. The smallest absolute Gasteiger partial charge is 0.208 e. The van der Waals surface area contributed by atoms with E-state index in [0.29, 0.717) is 29.9 Å². The van der Waals surface area contributed by atoms with Gasteiger partial charge in [-0.3, -0.25) is 10.0 Å². The van der Waals surface area contributed by atoms with Crippen LogP contribution in [-0.2, 0) is 22.9 Å². The zero-order chi connectivity index (χ0) is 25.1. The Labute approximate surface area is 200 Å². The molecule has 0 fully saturated rings. The minimum atomic E-state index is -3.40. The fraction of sp³-hybridized carbons (Fsp3) is 0.478. The zero-order valence-corrected chi connectivity index (χ0v) is 20.7. The number of hydrazine groups is 1. The number of hydrogen-bond donors (Lipinski definition) is 2. The van der Waals surface area contributed by atoms with Gasteiger partial charge in [-0.15, -0.1) is 9.81 Å². The Morgan fingerprint density at radius 3 is 1.71 bits per heavy atom. The van der Waals surface area contributed by atoms with Crippen LogP contribution in [0.3, 0.4) is 0 Å². The van der Waals surface area contributed by atoms with Crippen LogP contribution in [-0.4, -0.2) is 46.0 Å². The average Bonchev–Trinajstić information content (AvgIpc) is 2.80. The molecule has 0 aliphatic rings. The van der Waals surface area contributed by atoms with Crippen molar-refractivity contribution in [3.63, 3.8) is 0 Å². The Morgan fingerprint density at radius 1 is 0.853 bits per heavy atom. The summed E-state index contributed by atoms with van der Waals surface area (Å²) in [4.78, 5) is 22.5. The predicted molar refractivity (Wildman–Crippen MR) is 136 cm³/mol. The van der Waals surface area contributed by atoms with E-state index >= 15 is 0 Å². The molecule has 0 aromatic heterocycles. The van der Waals surface area contributed by atoms with Crippen LogP contribution in [0.1, 0.15) is 37.8 Å². The molecule has 0 bridgehead atoms. The van der Waals surface area contributed by atoms with Crippen molar-refractivity contribution in [3.8, 4) is 0 Å². The highest BCUT2D eigenvalue weighted by atomic mass is 32.2. The Kier molecular flexibility index (Phi) is 10.6. The van der Waals surface area contributed by atoms with Gasteiger partial charge in [0.1, 0.15) is 11.4 Å². The number of rotatable bonds is 15. The van der Waals surface area contributed by atoms with Gasteiger partial charge in [0.05, 0.1) is 37.3 Å². The highest BCUT2D eigenvalue weighted by Crippen LogP contribution is 2.31. The van der Waals surface area contributed by atoms with Gasteiger partial charge in [0, 0.05) is 6.54 Å². The number of nitroso groups, excluding NO2 is 2. The lowest BCUT2D eigenvalue weighted by molar-refractivity contribution is 0.300. The van der Waals surface area contributed by atoms with E-state index < -0.39 is 10.0 Å². The zero-order valence-electron chi connectivity index (χ0n) is 19.9. The van der Waals surface area contributed by atoms with Crippen molar-refractivity contribution in [2.45, 2.75) is 39.5 Å². The third-order valence-corrected chi connectivity index (χ3v) is 5.98. The normalized spacial score (nSPS) is 11.3. The van der Waals surface area contributed by atoms with E-state index in [9.17, 15) is 23.3 Å². The molecule has 34 heavy (non-hydrogen) atoms. The molecule has 0 aliphatic heterocycles. The third-order valence-electron chi connectivity index (χ3n) is 5.25. The second-order valence-corrected chi connectivity index (χ2v) is 9.78. The second kappa shape index (κ2) is 13.1. The van der Waals surface area contributed by atoms with Crippen LogP contribution < -0.4 is 14.7 Å². The van der Waals surface area contributed by atoms with E-state index in [1.165, 1.54) is 0 Å². The van der Waals surface area contributed by atoms with Crippen molar-refractivity contribution in [2.24, 2.45) is 10.4 Å². The first-order valence-corrected chi connectivity index (χ1v) is 13.2. The highest BCUT2D eigenvalue weighted by molar-refractivity contribution is 7.88. The van der Waals surface area contributed by atoms with E-state index in [0.717, 1.165) is 35.9 Å². The second-order valence-electron chi connectivity index (χ2n) is 7.94. The third kappa shape index (κ3) is 7.57. The van der Waals surface area contributed by atoms with Crippen molar-refractivity contribution in [3.05, 3.63) is 57.3 Å².